The number of para-hydroxylation sites is 2. The van der Waals surface area contributed by atoms with Crippen molar-refractivity contribution in [3.63, 3.8) is 0 Å². The predicted molar refractivity (Wildman–Crippen MR) is 159 cm³/mol. The summed E-state index contributed by atoms with van der Waals surface area (Å²) in [6.45, 7) is 4.13. The zero-order chi connectivity index (χ0) is 28.2. The highest BCUT2D eigenvalue weighted by molar-refractivity contribution is 5.99. The van der Waals surface area contributed by atoms with Gasteiger partial charge in [-0.15, -0.1) is 0 Å². The smallest absolute Gasteiger partial charge is 0.128 e. The Kier molecular flexibility index (Phi) is 9.77. The molecule has 202 valence electrons. The molecule has 8 nitrogen and oxygen atoms in total. The van der Waals surface area contributed by atoms with Crippen LogP contribution in [-0.4, -0.2) is 47.5 Å². The van der Waals surface area contributed by atoms with Gasteiger partial charge in [-0.1, -0.05) is 58.8 Å². The molecule has 0 saturated carbocycles. The number of nitrogens with zero attached hydrogens (tertiary/aromatic N) is 4. The van der Waals surface area contributed by atoms with E-state index in [0.29, 0.717) is 36.1 Å². The fourth-order valence-electron chi connectivity index (χ4n) is 3.77. The molecule has 0 aliphatic rings. The van der Waals surface area contributed by atoms with E-state index in [-0.39, 0.29) is 0 Å². The molecule has 40 heavy (non-hydrogen) atoms. The van der Waals surface area contributed by atoms with Gasteiger partial charge in [-0.2, -0.15) is 0 Å². The summed E-state index contributed by atoms with van der Waals surface area (Å²) >= 11 is 0. The standard InChI is InChI=1S/C32H30N4O4/c1-23(35-37)25-11-7-13-29(19-25)33-21-27-9-3-5-15-31(27)39-17-18-40-32-16-6-4-10-28(32)22-34-30-14-8-12-26(20-30)24(2)36-38/h3-16,19-22,37-38H,17-18H2,1-2H3/b33-21?,34-22?,35-23+,36-24+. The van der Waals surface area contributed by atoms with Crippen molar-refractivity contribution in [3.05, 3.63) is 119 Å². The fraction of sp³-hybridized carbons (Fsp3) is 0.125. The summed E-state index contributed by atoms with van der Waals surface area (Å²) in [4.78, 5) is 9.12. The molecule has 4 rings (SSSR count). The molecule has 0 heterocycles. The Bertz CT molecular complexity index is 1440. The lowest BCUT2D eigenvalue weighted by Crippen LogP contribution is -2.10. The van der Waals surface area contributed by atoms with Gasteiger partial charge in [0.15, 0.2) is 0 Å². The number of hydrogen-bond donors (Lipinski definition) is 2. The van der Waals surface area contributed by atoms with Crippen LogP contribution in [0.1, 0.15) is 36.1 Å². The molecule has 0 radical (unpaired) electrons. The number of oxime groups is 2. The van der Waals surface area contributed by atoms with Crippen LogP contribution in [0.15, 0.2) is 117 Å². The molecular formula is C32H30N4O4. The molecule has 4 aromatic rings. The maximum absolute atomic E-state index is 9.03. The van der Waals surface area contributed by atoms with Crippen molar-refractivity contribution in [1.29, 1.82) is 0 Å². The van der Waals surface area contributed by atoms with Crippen molar-refractivity contribution >= 4 is 35.2 Å². The Hall–Kier alpha value is -5.24. The van der Waals surface area contributed by atoms with Crippen LogP contribution in [0.5, 0.6) is 11.5 Å². The predicted octanol–water partition coefficient (Wildman–Crippen LogP) is 7.04. The van der Waals surface area contributed by atoms with Crippen molar-refractivity contribution in [1.82, 2.24) is 0 Å². The molecule has 8 heteroatoms. The van der Waals surface area contributed by atoms with Crippen molar-refractivity contribution in [3.8, 4) is 11.5 Å². The monoisotopic (exact) mass is 534 g/mol. The van der Waals surface area contributed by atoms with Crippen molar-refractivity contribution in [2.24, 2.45) is 20.3 Å². The Morgan fingerprint density at radius 3 is 1.45 bits per heavy atom. The van der Waals surface area contributed by atoms with Gasteiger partial charge in [0.05, 0.1) is 22.8 Å². The molecule has 0 aromatic heterocycles. The second-order valence-electron chi connectivity index (χ2n) is 8.76. The molecule has 0 fully saturated rings. The van der Waals surface area contributed by atoms with Gasteiger partial charge in [-0.3, -0.25) is 9.98 Å². The first-order chi connectivity index (χ1) is 19.6. The lowest BCUT2D eigenvalue weighted by atomic mass is 10.1. The summed E-state index contributed by atoms with van der Waals surface area (Å²) in [7, 11) is 0. The third-order valence-electron chi connectivity index (χ3n) is 5.97. The molecule has 4 aromatic carbocycles. The highest BCUT2D eigenvalue weighted by Gasteiger charge is 2.05. The summed E-state index contributed by atoms with van der Waals surface area (Å²) in [5.41, 5.74) is 5.76. The van der Waals surface area contributed by atoms with E-state index in [1.165, 1.54) is 0 Å². The Labute approximate surface area is 233 Å². The van der Waals surface area contributed by atoms with Gasteiger partial charge in [0.2, 0.25) is 0 Å². The van der Waals surface area contributed by atoms with Gasteiger partial charge in [0, 0.05) is 34.7 Å². The minimum absolute atomic E-state index is 0.333. The summed E-state index contributed by atoms with van der Waals surface area (Å²) in [5, 5.41) is 24.6. The number of hydrogen-bond acceptors (Lipinski definition) is 8. The minimum Gasteiger partial charge on any atom is -0.489 e. The minimum atomic E-state index is 0.333. The van der Waals surface area contributed by atoms with Gasteiger partial charge in [-0.25, -0.2) is 0 Å². The summed E-state index contributed by atoms with van der Waals surface area (Å²) in [6, 6.07) is 30.2. The maximum Gasteiger partial charge on any atom is 0.128 e. The van der Waals surface area contributed by atoms with Gasteiger partial charge in [0.25, 0.3) is 0 Å². The van der Waals surface area contributed by atoms with Crippen molar-refractivity contribution in [2.75, 3.05) is 13.2 Å². The van der Waals surface area contributed by atoms with Crippen LogP contribution < -0.4 is 9.47 Å². The molecule has 2 N–H and O–H groups in total. The van der Waals surface area contributed by atoms with Crippen LogP contribution in [0.3, 0.4) is 0 Å². The fourth-order valence-corrected chi connectivity index (χ4v) is 3.77. The van der Waals surface area contributed by atoms with Crippen LogP contribution in [-0.2, 0) is 0 Å². The number of ether oxygens (including phenoxy) is 2. The third-order valence-corrected chi connectivity index (χ3v) is 5.97. The van der Waals surface area contributed by atoms with Crippen molar-refractivity contribution < 1.29 is 19.9 Å². The number of benzene rings is 4. The molecule has 0 unspecified atom stereocenters. The molecule has 0 aliphatic heterocycles. The normalized spacial score (nSPS) is 12.2. The van der Waals surface area contributed by atoms with E-state index in [1.807, 2.05) is 97.1 Å². The average Bonchev–Trinajstić information content (AvgIpc) is 3.01. The van der Waals surface area contributed by atoms with E-state index in [9.17, 15) is 0 Å². The van der Waals surface area contributed by atoms with Gasteiger partial charge >= 0.3 is 0 Å². The molecule has 0 atom stereocenters. The SMILES string of the molecule is C/C(=N\O)c1cccc(N=Cc2ccccc2OCCOc2ccccc2C=Nc2cccc(/C(C)=N/O)c2)c1. The van der Waals surface area contributed by atoms with Crippen LogP contribution in [0.25, 0.3) is 0 Å². The van der Waals surface area contributed by atoms with Crippen LogP contribution in [0.4, 0.5) is 11.4 Å². The first kappa shape index (κ1) is 27.8. The third kappa shape index (κ3) is 7.64. The molecule has 0 saturated heterocycles. The highest BCUT2D eigenvalue weighted by atomic mass is 16.5. The van der Waals surface area contributed by atoms with Crippen LogP contribution in [0, 0.1) is 0 Å². The second-order valence-corrected chi connectivity index (χ2v) is 8.76. The lowest BCUT2D eigenvalue weighted by Gasteiger charge is -2.11. The van der Waals surface area contributed by atoms with Crippen molar-refractivity contribution in [2.45, 2.75) is 13.8 Å². The molecular weight excluding hydrogens is 504 g/mol. The zero-order valence-corrected chi connectivity index (χ0v) is 22.3. The van der Waals surface area contributed by atoms with Gasteiger partial charge < -0.3 is 19.9 Å². The van der Waals surface area contributed by atoms with E-state index in [1.54, 1.807) is 26.3 Å². The number of rotatable bonds is 11. The molecule has 0 aliphatic carbocycles. The summed E-state index contributed by atoms with van der Waals surface area (Å²) in [6.07, 6.45) is 3.49. The molecule has 0 bridgehead atoms. The first-order valence-electron chi connectivity index (χ1n) is 12.7. The Morgan fingerprint density at radius 2 is 1.02 bits per heavy atom. The summed E-state index contributed by atoms with van der Waals surface area (Å²) in [5.74, 6) is 1.38. The number of aliphatic imine (C=N–C) groups is 2. The highest BCUT2D eigenvalue weighted by Crippen LogP contribution is 2.21. The topological polar surface area (TPSA) is 108 Å². The van der Waals surface area contributed by atoms with Crippen LogP contribution in [0.2, 0.25) is 0 Å². The van der Waals surface area contributed by atoms with Gasteiger partial charge in [-0.05, 0) is 62.4 Å². The molecule has 0 spiro atoms. The van der Waals surface area contributed by atoms with Gasteiger partial charge in [0.1, 0.15) is 24.7 Å². The maximum atomic E-state index is 9.03. The zero-order valence-electron chi connectivity index (χ0n) is 22.3. The van der Waals surface area contributed by atoms with E-state index >= 15 is 0 Å². The van der Waals surface area contributed by atoms with E-state index < -0.39 is 0 Å². The van der Waals surface area contributed by atoms with E-state index in [2.05, 4.69) is 20.3 Å². The van der Waals surface area contributed by atoms with E-state index in [4.69, 9.17) is 19.9 Å². The van der Waals surface area contributed by atoms with E-state index in [0.717, 1.165) is 33.6 Å². The Balaban J connectivity index is 1.37. The summed E-state index contributed by atoms with van der Waals surface area (Å²) < 4.78 is 12.0. The first-order valence-corrected chi connectivity index (χ1v) is 12.7. The molecule has 0 amide bonds. The largest absolute Gasteiger partial charge is 0.489 e. The quantitative estimate of drug-likeness (QED) is 0.0931. The second kappa shape index (κ2) is 14.1. The lowest BCUT2D eigenvalue weighted by molar-refractivity contribution is 0.217. The average molecular weight is 535 g/mol. The Morgan fingerprint density at radius 1 is 0.600 bits per heavy atom. The van der Waals surface area contributed by atoms with Crippen LogP contribution >= 0.6 is 0 Å².